The second-order valence-corrected chi connectivity index (χ2v) is 5.18. The van der Waals surface area contributed by atoms with Gasteiger partial charge >= 0.3 is 6.03 Å². The van der Waals surface area contributed by atoms with Crippen LogP contribution in [0.3, 0.4) is 0 Å². The molecule has 0 aromatic carbocycles. The van der Waals surface area contributed by atoms with Crippen LogP contribution in [0, 0.1) is 0 Å². The Morgan fingerprint density at radius 2 is 2.20 bits per heavy atom. The third kappa shape index (κ3) is 2.92. The van der Waals surface area contributed by atoms with Crippen molar-refractivity contribution in [3.63, 3.8) is 0 Å². The monoisotopic (exact) mass is 251 g/mol. The highest BCUT2D eigenvalue weighted by Gasteiger charge is 2.42. The third-order valence-electron chi connectivity index (χ3n) is 2.88. The number of rotatable bonds is 4. The smallest absolute Gasteiger partial charge is 0.315 e. The maximum absolute atomic E-state index is 11.1. The molecule has 0 aromatic rings. The molecule has 0 aromatic heterocycles. The lowest BCUT2D eigenvalue weighted by Crippen LogP contribution is -2.36. The molecule has 1 unspecified atom stereocenters. The van der Waals surface area contributed by atoms with Crippen LogP contribution in [-0.2, 0) is 0 Å². The van der Waals surface area contributed by atoms with Crippen molar-refractivity contribution in [3.8, 4) is 0 Å². The van der Waals surface area contributed by atoms with Crippen LogP contribution in [0.2, 0.25) is 0 Å². The van der Waals surface area contributed by atoms with Gasteiger partial charge in [-0.25, -0.2) is 4.79 Å². The van der Waals surface area contributed by atoms with Gasteiger partial charge in [0.25, 0.3) is 0 Å². The Morgan fingerprint density at radius 3 is 2.93 bits per heavy atom. The standard InChI is InChI=1S/C9H17N3OS.ClH/c10-4-2-1-3-7-8-6(5-14-7)11-9(13)12-8;/h6-8H,1-5,10H2,(H2,11,12,13);1H/t6-,7?,8-;/m0./s1. The van der Waals surface area contributed by atoms with E-state index < -0.39 is 0 Å². The molecule has 0 spiro atoms. The van der Waals surface area contributed by atoms with Crippen LogP contribution in [-0.4, -0.2) is 35.7 Å². The van der Waals surface area contributed by atoms with E-state index in [2.05, 4.69) is 10.6 Å². The minimum absolute atomic E-state index is 0. The van der Waals surface area contributed by atoms with Gasteiger partial charge in [0.05, 0.1) is 12.1 Å². The summed E-state index contributed by atoms with van der Waals surface area (Å²) in [4.78, 5) is 11.1. The number of hydrogen-bond acceptors (Lipinski definition) is 3. The molecule has 2 amide bonds. The van der Waals surface area contributed by atoms with E-state index in [0.29, 0.717) is 17.3 Å². The van der Waals surface area contributed by atoms with Crippen molar-refractivity contribution in [2.24, 2.45) is 5.73 Å². The molecule has 0 radical (unpaired) electrons. The van der Waals surface area contributed by atoms with Gasteiger partial charge in [0, 0.05) is 11.0 Å². The normalized spacial score (nSPS) is 32.9. The van der Waals surface area contributed by atoms with E-state index in [4.69, 9.17) is 5.73 Å². The maximum atomic E-state index is 11.1. The Balaban J connectivity index is 0.00000112. The van der Waals surface area contributed by atoms with Gasteiger partial charge in [0.1, 0.15) is 0 Å². The molecule has 4 N–H and O–H groups in total. The van der Waals surface area contributed by atoms with E-state index in [1.807, 2.05) is 11.8 Å². The molecule has 3 atom stereocenters. The molecule has 88 valence electrons. The van der Waals surface area contributed by atoms with E-state index in [-0.39, 0.29) is 18.4 Å². The van der Waals surface area contributed by atoms with E-state index >= 15 is 0 Å². The van der Waals surface area contributed by atoms with Crippen molar-refractivity contribution in [1.29, 1.82) is 0 Å². The van der Waals surface area contributed by atoms with Crippen LogP contribution in [0.5, 0.6) is 0 Å². The highest BCUT2D eigenvalue weighted by atomic mass is 35.5. The molecule has 0 aliphatic carbocycles. The molecule has 2 aliphatic rings. The average Bonchev–Trinajstić information content (AvgIpc) is 2.66. The highest BCUT2D eigenvalue weighted by molar-refractivity contribution is 8.00. The molecule has 0 bridgehead atoms. The first-order valence-corrected chi connectivity index (χ1v) is 6.25. The molecule has 2 rings (SSSR count). The number of amides is 2. The number of halogens is 1. The summed E-state index contributed by atoms with van der Waals surface area (Å²) in [6, 6.07) is 0.713. The van der Waals surface area contributed by atoms with E-state index in [0.717, 1.165) is 18.7 Å². The van der Waals surface area contributed by atoms with Crippen molar-refractivity contribution in [3.05, 3.63) is 0 Å². The van der Waals surface area contributed by atoms with E-state index in [9.17, 15) is 4.79 Å². The number of hydrogen-bond donors (Lipinski definition) is 3. The molecule has 0 saturated carbocycles. The van der Waals surface area contributed by atoms with Gasteiger partial charge in [-0.05, 0) is 19.4 Å². The average molecular weight is 252 g/mol. The molecule has 2 saturated heterocycles. The van der Waals surface area contributed by atoms with Crippen LogP contribution >= 0.6 is 24.2 Å². The largest absolute Gasteiger partial charge is 0.332 e. The number of nitrogens with one attached hydrogen (secondary N) is 2. The molecule has 2 heterocycles. The molecule has 6 heteroatoms. The van der Waals surface area contributed by atoms with E-state index in [1.165, 1.54) is 12.8 Å². The lowest BCUT2D eigenvalue weighted by molar-refractivity contribution is 0.247. The van der Waals surface area contributed by atoms with Gasteiger partial charge in [-0.1, -0.05) is 6.42 Å². The summed E-state index contributed by atoms with van der Waals surface area (Å²) in [6.07, 6.45) is 3.44. The van der Waals surface area contributed by atoms with Crippen LogP contribution in [0.25, 0.3) is 0 Å². The SMILES string of the molecule is Cl.NCCCCC1SC[C@@H]2NC(=O)N[C@H]12. The Kier molecular flexibility index (Phi) is 5.02. The predicted molar refractivity (Wildman–Crippen MR) is 65.6 cm³/mol. The summed E-state index contributed by atoms with van der Waals surface area (Å²) in [5.41, 5.74) is 5.45. The van der Waals surface area contributed by atoms with Gasteiger partial charge in [-0.3, -0.25) is 0 Å². The zero-order chi connectivity index (χ0) is 9.97. The van der Waals surface area contributed by atoms with Gasteiger partial charge in [0.15, 0.2) is 0 Å². The van der Waals surface area contributed by atoms with Crippen molar-refractivity contribution < 1.29 is 4.79 Å². The fourth-order valence-electron chi connectivity index (χ4n) is 2.13. The molecule has 15 heavy (non-hydrogen) atoms. The summed E-state index contributed by atoms with van der Waals surface area (Å²) in [6.45, 7) is 0.774. The Bertz CT molecular complexity index is 229. The number of carbonyl (C=O) groups excluding carboxylic acids is 1. The number of thioether (sulfide) groups is 1. The summed E-state index contributed by atoms with van der Waals surface area (Å²) < 4.78 is 0. The van der Waals surface area contributed by atoms with Crippen molar-refractivity contribution in [2.45, 2.75) is 36.6 Å². The molecular weight excluding hydrogens is 234 g/mol. The number of fused-ring (bicyclic) bond motifs is 1. The molecule has 2 aliphatic heterocycles. The zero-order valence-electron chi connectivity index (χ0n) is 8.57. The number of nitrogens with two attached hydrogens (primary N) is 1. The van der Waals surface area contributed by atoms with Gasteiger partial charge < -0.3 is 16.4 Å². The van der Waals surface area contributed by atoms with Crippen molar-refractivity contribution in [1.82, 2.24) is 10.6 Å². The lowest BCUT2D eigenvalue weighted by Gasteiger charge is -2.16. The minimum Gasteiger partial charge on any atom is -0.332 e. The highest BCUT2D eigenvalue weighted by Crippen LogP contribution is 2.32. The van der Waals surface area contributed by atoms with Crippen LogP contribution in [0.1, 0.15) is 19.3 Å². The maximum Gasteiger partial charge on any atom is 0.315 e. The van der Waals surface area contributed by atoms with Crippen LogP contribution in [0.15, 0.2) is 0 Å². The number of urea groups is 1. The fourth-order valence-corrected chi connectivity index (χ4v) is 3.68. The Hall–Kier alpha value is -0.130. The first-order valence-electron chi connectivity index (χ1n) is 5.20. The number of unbranched alkanes of at least 4 members (excludes halogenated alkanes) is 1. The first kappa shape index (κ1) is 12.9. The summed E-state index contributed by atoms with van der Waals surface area (Å²) in [5.74, 6) is 1.05. The summed E-state index contributed by atoms with van der Waals surface area (Å²) in [5, 5.41) is 6.52. The fraction of sp³-hybridized carbons (Fsp3) is 0.889. The summed E-state index contributed by atoms with van der Waals surface area (Å²) >= 11 is 1.97. The Labute approximate surface area is 101 Å². The second-order valence-electron chi connectivity index (χ2n) is 3.91. The van der Waals surface area contributed by atoms with Gasteiger partial charge in [-0.2, -0.15) is 11.8 Å². The van der Waals surface area contributed by atoms with Crippen molar-refractivity contribution >= 4 is 30.2 Å². The third-order valence-corrected chi connectivity index (χ3v) is 4.39. The van der Waals surface area contributed by atoms with Crippen LogP contribution < -0.4 is 16.4 Å². The minimum atomic E-state index is 0. The molecular formula is C9H18ClN3OS. The topological polar surface area (TPSA) is 67.1 Å². The molecule has 2 fully saturated rings. The van der Waals surface area contributed by atoms with E-state index in [1.54, 1.807) is 0 Å². The van der Waals surface area contributed by atoms with Gasteiger partial charge in [-0.15, -0.1) is 12.4 Å². The van der Waals surface area contributed by atoms with Gasteiger partial charge in [0.2, 0.25) is 0 Å². The summed E-state index contributed by atoms with van der Waals surface area (Å²) in [7, 11) is 0. The quantitative estimate of drug-likeness (QED) is 0.509. The second kappa shape index (κ2) is 5.82. The first-order chi connectivity index (χ1) is 6.81. The van der Waals surface area contributed by atoms with Crippen LogP contribution in [0.4, 0.5) is 4.79 Å². The predicted octanol–water partition coefficient (Wildman–Crippen LogP) is 0.703. The molecule has 4 nitrogen and oxygen atoms in total. The Morgan fingerprint density at radius 1 is 1.40 bits per heavy atom. The lowest BCUT2D eigenvalue weighted by atomic mass is 10.0. The number of carbonyl (C=O) groups is 1. The zero-order valence-corrected chi connectivity index (χ0v) is 10.2. The van der Waals surface area contributed by atoms with Crippen molar-refractivity contribution in [2.75, 3.05) is 12.3 Å².